The summed E-state index contributed by atoms with van der Waals surface area (Å²) in [4.78, 5) is 35.7. The normalized spacial score (nSPS) is 10.5. The number of aromatic nitrogens is 2. The Kier molecular flexibility index (Phi) is 6.35. The number of hydrogen-bond acceptors (Lipinski definition) is 6. The van der Waals surface area contributed by atoms with Gasteiger partial charge in [0.05, 0.1) is 18.4 Å². The molecule has 9 nitrogen and oxygen atoms in total. The molecule has 0 aliphatic rings. The molecule has 0 fully saturated rings. The summed E-state index contributed by atoms with van der Waals surface area (Å²) < 4.78 is 11.5. The predicted octanol–water partition coefficient (Wildman–Crippen LogP) is 1.47. The molecule has 1 aromatic heterocycles. The van der Waals surface area contributed by atoms with Gasteiger partial charge in [-0.25, -0.2) is 4.79 Å². The Morgan fingerprint density at radius 1 is 1.21 bits per heavy atom. The minimum atomic E-state index is -0.624. The molecule has 2 aromatic carbocycles. The summed E-state index contributed by atoms with van der Waals surface area (Å²) in [6.07, 6.45) is 0.116. The second-order valence-corrected chi connectivity index (χ2v) is 6.96. The second-order valence-electron chi connectivity index (χ2n) is 5.88. The van der Waals surface area contributed by atoms with Crippen LogP contribution in [0.2, 0.25) is 0 Å². The topological polar surface area (TPSA) is 131 Å². The van der Waals surface area contributed by atoms with Crippen molar-refractivity contribution in [3.05, 3.63) is 64.5 Å². The number of carbonyl (C=O) groups is 2. The molecule has 150 valence electrons. The number of nitrogens with one attached hydrogen (secondary N) is 2. The lowest BCUT2D eigenvalue weighted by Gasteiger charge is -2.08. The Bertz CT molecular complexity index is 1070. The van der Waals surface area contributed by atoms with Crippen molar-refractivity contribution >= 4 is 29.3 Å². The number of ether oxygens (including phenoxy) is 1. The van der Waals surface area contributed by atoms with Crippen LogP contribution in [0.5, 0.6) is 5.75 Å². The Labute approximate surface area is 169 Å². The number of primary amides is 1. The Morgan fingerprint density at radius 3 is 2.62 bits per heavy atom. The number of hydrogen-bond donors (Lipinski definition) is 3. The van der Waals surface area contributed by atoms with E-state index in [-0.39, 0.29) is 17.9 Å². The van der Waals surface area contributed by atoms with E-state index in [2.05, 4.69) is 10.6 Å². The molecule has 10 heteroatoms. The van der Waals surface area contributed by atoms with E-state index in [1.54, 1.807) is 49.6 Å². The maximum Gasteiger partial charge on any atom is 0.442 e. The Hall–Kier alpha value is -3.53. The third-order valence-corrected chi connectivity index (χ3v) is 5.00. The Balaban J connectivity index is 1.64. The zero-order chi connectivity index (χ0) is 20.8. The smallest absolute Gasteiger partial charge is 0.442 e. The number of amides is 2. The van der Waals surface area contributed by atoms with Gasteiger partial charge in [0.2, 0.25) is 11.6 Å². The van der Waals surface area contributed by atoms with Crippen LogP contribution in [0, 0.1) is 0 Å². The van der Waals surface area contributed by atoms with Crippen molar-refractivity contribution in [3.8, 4) is 11.4 Å². The van der Waals surface area contributed by atoms with Crippen molar-refractivity contribution in [2.45, 2.75) is 11.4 Å². The highest BCUT2D eigenvalue weighted by Gasteiger charge is 2.24. The number of carbonyl (C=O) groups excluding carboxylic acids is 2. The zero-order valence-electron chi connectivity index (χ0n) is 15.5. The predicted molar refractivity (Wildman–Crippen MR) is 106 cm³/mol. The van der Waals surface area contributed by atoms with Gasteiger partial charge in [0.15, 0.2) is 0 Å². The molecule has 0 aliphatic carbocycles. The highest BCUT2D eigenvalue weighted by Crippen LogP contribution is 2.17. The first kappa shape index (κ1) is 20.2. The van der Waals surface area contributed by atoms with Gasteiger partial charge in [-0.3, -0.25) is 14.1 Å². The largest absolute Gasteiger partial charge is 0.497 e. The lowest BCUT2D eigenvalue weighted by molar-refractivity contribution is -0.704. The van der Waals surface area contributed by atoms with Gasteiger partial charge in [-0.15, -0.1) is 0 Å². The molecule has 0 saturated heterocycles. The molecule has 3 aromatic rings. The average Bonchev–Trinajstić information content (AvgIpc) is 3.09. The maximum atomic E-state index is 12.2. The van der Waals surface area contributed by atoms with Crippen LogP contribution in [0.25, 0.3) is 5.69 Å². The number of nitrogens with zero attached hydrogens (tertiary/aromatic N) is 1. The van der Waals surface area contributed by atoms with E-state index in [0.717, 1.165) is 0 Å². The van der Waals surface area contributed by atoms with Crippen LogP contribution < -0.4 is 26.1 Å². The van der Waals surface area contributed by atoms with Gasteiger partial charge in [-0.05, 0) is 46.0 Å². The van der Waals surface area contributed by atoms with Gasteiger partial charge < -0.3 is 15.8 Å². The first-order chi connectivity index (χ1) is 14.0. The Morgan fingerprint density at radius 2 is 1.93 bits per heavy atom. The molecule has 0 atom stereocenters. The maximum absolute atomic E-state index is 12.2. The number of methoxy groups -OCH3 is 1. The van der Waals surface area contributed by atoms with Crippen LogP contribution in [-0.2, 0) is 4.79 Å². The van der Waals surface area contributed by atoms with Crippen LogP contribution in [0.4, 0.5) is 5.69 Å². The van der Waals surface area contributed by atoms with E-state index < -0.39 is 11.5 Å². The second kappa shape index (κ2) is 9.11. The van der Waals surface area contributed by atoms with Crippen LogP contribution in [0.3, 0.4) is 0 Å². The van der Waals surface area contributed by atoms with Crippen molar-refractivity contribution in [2.24, 2.45) is 5.73 Å². The summed E-state index contributed by atoms with van der Waals surface area (Å²) >= 11 is 1.18. The molecule has 0 unspecified atom stereocenters. The molecule has 29 heavy (non-hydrogen) atoms. The molecular formula is C19H19N4O5S+. The summed E-state index contributed by atoms with van der Waals surface area (Å²) in [5.74, 6) is 0.0775. The van der Waals surface area contributed by atoms with E-state index in [4.69, 9.17) is 15.0 Å². The number of thioether (sulfide) groups is 1. The van der Waals surface area contributed by atoms with Crippen molar-refractivity contribution in [2.75, 3.05) is 18.2 Å². The molecule has 0 radical (unpaired) electrons. The monoisotopic (exact) mass is 415 g/mol. The van der Waals surface area contributed by atoms with E-state index in [0.29, 0.717) is 27.9 Å². The number of benzene rings is 2. The standard InChI is InChI=1S/C19H18N4O5S/c1-27-13-8-6-12(7-9-13)23-18(19(26)28-22-23)29-11-10-16(24)21-15-5-3-2-4-14(15)17(20)25/h2-9H,10-11H2,1H3,(H3-,20,21,22,24,25,26)/p+1. The van der Waals surface area contributed by atoms with Crippen LogP contribution in [-0.4, -0.2) is 29.9 Å². The highest BCUT2D eigenvalue weighted by atomic mass is 32.2. The number of anilines is 1. The van der Waals surface area contributed by atoms with Gasteiger partial charge in [-0.2, -0.15) is 0 Å². The summed E-state index contributed by atoms with van der Waals surface area (Å²) in [5.41, 5.74) is 6.04. The summed E-state index contributed by atoms with van der Waals surface area (Å²) in [7, 11) is 1.57. The lowest BCUT2D eigenvalue weighted by Crippen LogP contribution is -2.36. The molecular weight excluding hydrogens is 396 g/mol. The van der Waals surface area contributed by atoms with E-state index in [1.807, 2.05) is 0 Å². The molecule has 1 heterocycles. The van der Waals surface area contributed by atoms with E-state index in [9.17, 15) is 14.4 Å². The lowest BCUT2D eigenvalue weighted by atomic mass is 10.1. The summed E-state index contributed by atoms with van der Waals surface area (Å²) in [6.45, 7) is 0. The fraction of sp³-hybridized carbons (Fsp3) is 0.158. The zero-order valence-corrected chi connectivity index (χ0v) is 16.3. The van der Waals surface area contributed by atoms with Crippen LogP contribution in [0.15, 0.2) is 62.9 Å². The summed E-state index contributed by atoms with van der Waals surface area (Å²) in [5, 5.41) is 5.51. The number of H-pyrrole nitrogens is 1. The number of para-hydroxylation sites is 1. The average molecular weight is 415 g/mol. The van der Waals surface area contributed by atoms with Gasteiger partial charge in [-0.1, -0.05) is 12.1 Å². The van der Waals surface area contributed by atoms with Gasteiger partial charge in [0.25, 0.3) is 5.91 Å². The number of aromatic amines is 1. The molecule has 3 rings (SSSR count). The van der Waals surface area contributed by atoms with Gasteiger partial charge >= 0.3 is 10.7 Å². The third-order valence-electron chi connectivity index (χ3n) is 3.97. The first-order valence-corrected chi connectivity index (χ1v) is 9.57. The number of rotatable bonds is 8. The third kappa shape index (κ3) is 4.85. The van der Waals surface area contributed by atoms with Crippen molar-refractivity contribution < 1.29 is 23.5 Å². The van der Waals surface area contributed by atoms with Crippen molar-refractivity contribution in [3.63, 3.8) is 0 Å². The quantitative estimate of drug-likeness (QED) is 0.377. The minimum absolute atomic E-state index is 0.116. The molecule has 0 aliphatic heterocycles. The van der Waals surface area contributed by atoms with Crippen molar-refractivity contribution in [1.29, 1.82) is 0 Å². The minimum Gasteiger partial charge on any atom is -0.497 e. The fourth-order valence-electron chi connectivity index (χ4n) is 2.55. The number of nitrogens with two attached hydrogens (primary N) is 1. The van der Waals surface area contributed by atoms with Gasteiger partial charge in [0.1, 0.15) is 5.75 Å². The molecule has 0 bridgehead atoms. The molecule has 0 spiro atoms. The summed E-state index contributed by atoms with van der Waals surface area (Å²) in [6, 6.07) is 13.5. The van der Waals surface area contributed by atoms with E-state index in [1.165, 1.54) is 22.5 Å². The molecule has 4 N–H and O–H groups in total. The first-order valence-electron chi connectivity index (χ1n) is 8.59. The van der Waals surface area contributed by atoms with E-state index >= 15 is 0 Å². The van der Waals surface area contributed by atoms with Crippen molar-refractivity contribution in [1.82, 2.24) is 5.27 Å². The SMILES string of the molecule is COc1ccc(-[n+]2[nH]oc(=O)c2SCCC(=O)Nc2ccccc2C(N)=O)cc1. The van der Waals surface area contributed by atoms with Crippen LogP contribution in [0.1, 0.15) is 16.8 Å². The van der Waals surface area contributed by atoms with Crippen LogP contribution >= 0.6 is 11.8 Å². The fourth-order valence-corrected chi connectivity index (χ4v) is 3.46. The van der Waals surface area contributed by atoms with Gasteiger partial charge in [0, 0.05) is 24.3 Å². The highest BCUT2D eigenvalue weighted by molar-refractivity contribution is 7.99. The molecule has 0 saturated carbocycles. The molecule has 2 amide bonds.